The Morgan fingerprint density at radius 1 is 1.05 bits per heavy atom. The molecule has 5 heteroatoms. The largest absolute Gasteiger partial charge is 0.396 e. The van der Waals surface area contributed by atoms with Gasteiger partial charge in [0.15, 0.2) is 5.82 Å². The number of nitrogens with zero attached hydrogens (tertiary/aromatic N) is 3. The molecule has 0 aliphatic heterocycles. The number of rotatable bonds is 2. The van der Waals surface area contributed by atoms with Crippen LogP contribution in [0.2, 0.25) is 0 Å². The molecule has 1 heterocycles. The predicted octanol–water partition coefficient (Wildman–Crippen LogP) is 2.96. The summed E-state index contributed by atoms with van der Waals surface area (Å²) in [7, 11) is 0. The van der Waals surface area contributed by atoms with Crippen molar-refractivity contribution >= 4 is 5.69 Å². The van der Waals surface area contributed by atoms with Gasteiger partial charge in [-0.05, 0) is 37.3 Å². The lowest BCUT2D eigenvalue weighted by molar-refractivity contribution is 0.632. The van der Waals surface area contributed by atoms with Crippen LogP contribution in [0, 0.1) is 12.7 Å². The molecule has 0 saturated heterocycles. The number of hydrogen-bond acceptors (Lipinski definition) is 3. The molecular weight excluding hydrogens is 255 g/mol. The quantitative estimate of drug-likeness (QED) is 0.727. The molecule has 0 unspecified atom stereocenters. The summed E-state index contributed by atoms with van der Waals surface area (Å²) in [6, 6.07) is 14.3. The number of hydrogen-bond donors (Lipinski definition) is 1. The highest BCUT2D eigenvalue weighted by atomic mass is 19.1. The lowest BCUT2D eigenvalue weighted by atomic mass is 10.1. The van der Waals surface area contributed by atoms with Crippen LogP contribution in [0.5, 0.6) is 0 Å². The highest BCUT2D eigenvalue weighted by molar-refractivity contribution is 5.63. The Kier molecular flexibility index (Phi) is 2.95. The van der Waals surface area contributed by atoms with Gasteiger partial charge in [-0.25, -0.2) is 4.39 Å². The number of anilines is 1. The Bertz CT molecular complexity index is 750. The number of benzene rings is 2. The van der Waals surface area contributed by atoms with E-state index in [4.69, 9.17) is 5.73 Å². The molecule has 2 aromatic carbocycles. The SMILES string of the molecule is Cc1nnc(-c2ccc(F)c(N)c2)n1-c1ccccc1. The van der Waals surface area contributed by atoms with E-state index in [0.717, 1.165) is 17.1 Å². The maximum Gasteiger partial charge on any atom is 0.168 e. The van der Waals surface area contributed by atoms with E-state index in [2.05, 4.69) is 10.2 Å². The van der Waals surface area contributed by atoms with Gasteiger partial charge in [-0.1, -0.05) is 18.2 Å². The van der Waals surface area contributed by atoms with E-state index >= 15 is 0 Å². The Labute approximate surface area is 115 Å². The van der Waals surface area contributed by atoms with Gasteiger partial charge in [0.1, 0.15) is 11.6 Å². The summed E-state index contributed by atoms with van der Waals surface area (Å²) in [6.07, 6.45) is 0. The van der Waals surface area contributed by atoms with E-state index in [9.17, 15) is 4.39 Å². The van der Waals surface area contributed by atoms with Crippen LogP contribution >= 0.6 is 0 Å². The minimum absolute atomic E-state index is 0.0998. The third-order valence-electron chi connectivity index (χ3n) is 3.09. The normalized spacial score (nSPS) is 10.7. The Balaban J connectivity index is 2.18. The summed E-state index contributed by atoms with van der Waals surface area (Å²) in [4.78, 5) is 0. The molecule has 0 aliphatic carbocycles. The maximum atomic E-state index is 13.3. The highest BCUT2D eigenvalue weighted by Crippen LogP contribution is 2.25. The fraction of sp³-hybridized carbons (Fsp3) is 0.0667. The van der Waals surface area contributed by atoms with Crippen LogP contribution in [-0.4, -0.2) is 14.8 Å². The van der Waals surface area contributed by atoms with E-state index in [0.29, 0.717) is 5.82 Å². The first-order valence-electron chi connectivity index (χ1n) is 6.19. The number of para-hydroxylation sites is 1. The smallest absolute Gasteiger partial charge is 0.168 e. The standard InChI is InChI=1S/C15H13FN4/c1-10-18-19-15(11-7-8-13(16)14(17)9-11)20(10)12-5-3-2-4-6-12/h2-9H,17H2,1H3. The number of halogens is 1. The zero-order valence-corrected chi connectivity index (χ0v) is 10.9. The van der Waals surface area contributed by atoms with Gasteiger partial charge in [0.2, 0.25) is 0 Å². The van der Waals surface area contributed by atoms with Crippen LogP contribution in [0.25, 0.3) is 17.1 Å². The van der Waals surface area contributed by atoms with Gasteiger partial charge < -0.3 is 5.73 Å². The molecule has 20 heavy (non-hydrogen) atoms. The van der Waals surface area contributed by atoms with Crippen molar-refractivity contribution in [2.24, 2.45) is 0 Å². The van der Waals surface area contributed by atoms with E-state index in [1.165, 1.54) is 6.07 Å². The molecule has 2 N–H and O–H groups in total. The summed E-state index contributed by atoms with van der Waals surface area (Å²) in [5, 5.41) is 8.27. The molecule has 0 radical (unpaired) electrons. The van der Waals surface area contributed by atoms with Crippen LogP contribution in [-0.2, 0) is 0 Å². The van der Waals surface area contributed by atoms with Gasteiger partial charge in [0.05, 0.1) is 5.69 Å². The second-order valence-electron chi connectivity index (χ2n) is 4.48. The van der Waals surface area contributed by atoms with Crippen molar-refractivity contribution in [1.29, 1.82) is 0 Å². The Morgan fingerprint density at radius 2 is 1.80 bits per heavy atom. The van der Waals surface area contributed by atoms with Gasteiger partial charge in [0, 0.05) is 11.3 Å². The molecule has 3 aromatic rings. The number of aromatic nitrogens is 3. The lowest BCUT2D eigenvalue weighted by Gasteiger charge is -2.09. The van der Waals surface area contributed by atoms with Gasteiger partial charge in [-0.2, -0.15) is 0 Å². The summed E-state index contributed by atoms with van der Waals surface area (Å²) in [5.74, 6) is 0.964. The molecule has 0 amide bonds. The van der Waals surface area contributed by atoms with Crippen molar-refractivity contribution in [2.75, 3.05) is 5.73 Å². The molecule has 0 atom stereocenters. The van der Waals surface area contributed by atoms with Crippen LogP contribution in [0.1, 0.15) is 5.82 Å². The van der Waals surface area contributed by atoms with E-state index in [1.807, 2.05) is 41.8 Å². The first kappa shape index (κ1) is 12.3. The molecule has 100 valence electrons. The first-order chi connectivity index (χ1) is 9.66. The third-order valence-corrected chi connectivity index (χ3v) is 3.09. The molecule has 0 spiro atoms. The molecular formula is C15H13FN4. The van der Waals surface area contributed by atoms with E-state index in [-0.39, 0.29) is 5.69 Å². The van der Waals surface area contributed by atoms with Gasteiger partial charge in [0.25, 0.3) is 0 Å². The Morgan fingerprint density at radius 3 is 2.50 bits per heavy atom. The molecule has 4 nitrogen and oxygen atoms in total. The fourth-order valence-corrected chi connectivity index (χ4v) is 2.12. The molecule has 0 bridgehead atoms. The lowest BCUT2D eigenvalue weighted by Crippen LogP contribution is -2.00. The topological polar surface area (TPSA) is 56.7 Å². The predicted molar refractivity (Wildman–Crippen MR) is 75.9 cm³/mol. The van der Waals surface area contributed by atoms with Gasteiger partial charge in [-0.3, -0.25) is 4.57 Å². The van der Waals surface area contributed by atoms with Crippen molar-refractivity contribution in [3.05, 3.63) is 60.2 Å². The highest BCUT2D eigenvalue weighted by Gasteiger charge is 2.13. The second-order valence-corrected chi connectivity index (χ2v) is 4.48. The average molecular weight is 268 g/mol. The summed E-state index contributed by atoms with van der Waals surface area (Å²) >= 11 is 0. The molecule has 1 aromatic heterocycles. The van der Waals surface area contributed by atoms with Crippen LogP contribution in [0.4, 0.5) is 10.1 Å². The average Bonchev–Trinajstić information content (AvgIpc) is 2.85. The van der Waals surface area contributed by atoms with Crippen LogP contribution in [0.3, 0.4) is 0 Å². The molecule has 3 rings (SSSR count). The first-order valence-corrected chi connectivity index (χ1v) is 6.19. The van der Waals surface area contributed by atoms with Crippen molar-refractivity contribution < 1.29 is 4.39 Å². The Hall–Kier alpha value is -2.69. The van der Waals surface area contributed by atoms with Gasteiger partial charge >= 0.3 is 0 Å². The van der Waals surface area contributed by atoms with Crippen molar-refractivity contribution in [1.82, 2.24) is 14.8 Å². The fourth-order valence-electron chi connectivity index (χ4n) is 2.12. The van der Waals surface area contributed by atoms with Crippen LogP contribution < -0.4 is 5.73 Å². The maximum absolute atomic E-state index is 13.3. The summed E-state index contributed by atoms with van der Waals surface area (Å²) in [6.45, 7) is 1.87. The zero-order valence-electron chi connectivity index (χ0n) is 10.9. The van der Waals surface area contributed by atoms with Crippen molar-refractivity contribution in [2.45, 2.75) is 6.92 Å². The number of nitrogen functional groups attached to an aromatic ring is 1. The van der Waals surface area contributed by atoms with Gasteiger partial charge in [-0.15, -0.1) is 10.2 Å². The minimum Gasteiger partial charge on any atom is -0.396 e. The minimum atomic E-state index is -0.434. The van der Waals surface area contributed by atoms with E-state index < -0.39 is 5.82 Å². The molecule has 0 fully saturated rings. The summed E-state index contributed by atoms with van der Waals surface area (Å²) < 4.78 is 15.2. The third kappa shape index (κ3) is 2.03. The van der Waals surface area contributed by atoms with Crippen molar-refractivity contribution in [3.8, 4) is 17.1 Å². The van der Waals surface area contributed by atoms with E-state index in [1.54, 1.807) is 12.1 Å². The monoisotopic (exact) mass is 268 g/mol. The van der Waals surface area contributed by atoms with Crippen LogP contribution in [0.15, 0.2) is 48.5 Å². The second kappa shape index (κ2) is 4.77. The number of aryl methyl sites for hydroxylation is 1. The summed E-state index contributed by atoms with van der Waals surface area (Å²) in [5.41, 5.74) is 7.40. The number of nitrogens with two attached hydrogens (primary N) is 1. The zero-order chi connectivity index (χ0) is 14.1. The van der Waals surface area contributed by atoms with Crippen molar-refractivity contribution in [3.63, 3.8) is 0 Å². The molecule has 0 aliphatic rings. The molecule has 0 saturated carbocycles.